The molecule has 0 bridgehead atoms. The Balaban J connectivity index is 1.43. The maximum absolute atomic E-state index is 5.55. The molecule has 0 saturated carbocycles. The summed E-state index contributed by atoms with van der Waals surface area (Å²) >= 11 is 1.47. The number of nitrogens with zero attached hydrogens (tertiary/aromatic N) is 4. The van der Waals surface area contributed by atoms with Gasteiger partial charge < -0.3 is 14.4 Å². The Bertz CT molecular complexity index is 908. The maximum atomic E-state index is 5.55. The zero-order valence-electron chi connectivity index (χ0n) is 16.2. The molecule has 0 radical (unpaired) electrons. The van der Waals surface area contributed by atoms with Gasteiger partial charge in [0.25, 0.3) is 0 Å². The van der Waals surface area contributed by atoms with Gasteiger partial charge in [0, 0.05) is 38.8 Å². The molecule has 1 saturated heterocycles. The van der Waals surface area contributed by atoms with Crippen LogP contribution < -0.4 is 14.4 Å². The minimum absolute atomic E-state index is 0.823. The fraction of sp³-hybridized carbons (Fsp3) is 0.333. The first-order chi connectivity index (χ1) is 13.8. The van der Waals surface area contributed by atoms with Gasteiger partial charge in [-0.05, 0) is 29.2 Å². The number of hydrogen-bond donors (Lipinski definition) is 0. The molecule has 1 fully saturated rings. The predicted octanol–water partition coefficient (Wildman–Crippen LogP) is 3.54. The Labute approximate surface area is 169 Å². The zero-order chi connectivity index (χ0) is 19.3. The third-order valence-electron chi connectivity index (χ3n) is 5.06. The average molecular weight is 397 g/mol. The monoisotopic (exact) mass is 396 g/mol. The van der Waals surface area contributed by atoms with Gasteiger partial charge in [0.1, 0.15) is 11.5 Å². The van der Waals surface area contributed by atoms with Crippen molar-refractivity contribution in [2.24, 2.45) is 0 Å². The van der Waals surface area contributed by atoms with Crippen LogP contribution in [0, 0.1) is 0 Å². The molecule has 4 rings (SSSR count). The van der Waals surface area contributed by atoms with E-state index in [4.69, 9.17) is 9.47 Å². The van der Waals surface area contributed by atoms with Crippen LogP contribution in [0.2, 0.25) is 0 Å². The van der Waals surface area contributed by atoms with Crippen LogP contribution >= 0.6 is 11.5 Å². The van der Waals surface area contributed by atoms with Gasteiger partial charge in [0.05, 0.1) is 30.5 Å². The third kappa shape index (κ3) is 3.95. The molecule has 28 heavy (non-hydrogen) atoms. The highest BCUT2D eigenvalue weighted by Gasteiger charge is 2.22. The summed E-state index contributed by atoms with van der Waals surface area (Å²) in [6.45, 7) is 4.62. The van der Waals surface area contributed by atoms with E-state index in [-0.39, 0.29) is 0 Å². The van der Waals surface area contributed by atoms with Crippen molar-refractivity contribution in [2.75, 3.05) is 45.3 Å². The van der Waals surface area contributed by atoms with E-state index in [2.05, 4.69) is 43.7 Å². The van der Waals surface area contributed by atoms with Crippen LogP contribution in [0.3, 0.4) is 0 Å². The van der Waals surface area contributed by atoms with Crippen molar-refractivity contribution >= 4 is 17.2 Å². The Kier molecular flexibility index (Phi) is 5.73. The summed E-state index contributed by atoms with van der Waals surface area (Å²) in [5.74, 6) is 1.73. The van der Waals surface area contributed by atoms with Crippen molar-refractivity contribution in [3.8, 4) is 21.9 Å². The Morgan fingerprint density at radius 1 is 0.964 bits per heavy atom. The molecule has 2 aromatic carbocycles. The molecule has 1 aliphatic rings. The molecule has 0 atom stereocenters. The van der Waals surface area contributed by atoms with Gasteiger partial charge in [-0.1, -0.05) is 34.8 Å². The second-order valence-electron chi connectivity index (χ2n) is 6.72. The SMILES string of the molecule is COc1ccc(OC)c(N2CCN(Cc3nnsc3-c3ccccc3)CC2)c1. The van der Waals surface area contributed by atoms with E-state index in [0.717, 1.165) is 60.5 Å². The number of ether oxygens (including phenoxy) is 2. The normalized spacial score (nSPS) is 14.9. The highest BCUT2D eigenvalue weighted by molar-refractivity contribution is 7.09. The van der Waals surface area contributed by atoms with Gasteiger partial charge >= 0.3 is 0 Å². The van der Waals surface area contributed by atoms with Gasteiger partial charge in [-0.25, -0.2) is 0 Å². The van der Waals surface area contributed by atoms with E-state index in [0.29, 0.717) is 0 Å². The molecule has 1 aromatic heterocycles. The van der Waals surface area contributed by atoms with Crippen molar-refractivity contribution < 1.29 is 9.47 Å². The first-order valence-corrected chi connectivity index (χ1v) is 10.1. The highest BCUT2D eigenvalue weighted by atomic mass is 32.1. The summed E-state index contributed by atoms with van der Waals surface area (Å²) in [6, 6.07) is 16.3. The van der Waals surface area contributed by atoms with Gasteiger partial charge in [0.2, 0.25) is 0 Å². The van der Waals surface area contributed by atoms with Crippen LogP contribution in [0.5, 0.6) is 11.5 Å². The molecule has 1 aliphatic heterocycles. The molecular weight excluding hydrogens is 372 g/mol. The summed E-state index contributed by atoms with van der Waals surface area (Å²) < 4.78 is 15.1. The topological polar surface area (TPSA) is 50.7 Å². The number of rotatable bonds is 6. The Morgan fingerprint density at radius 2 is 1.75 bits per heavy atom. The van der Waals surface area contributed by atoms with Crippen molar-refractivity contribution in [3.05, 3.63) is 54.2 Å². The maximum Gasteiger partial charge on any atom is 0.142 e. The number of hydrogen-bond acceptors (Lipinski definition) is 7. The number of piperazine rings is 1. The largest absolute Gasteiger partial charge is 0.497 e. The Hall–Kier alpha value is -2.64. The minimum atomic E-state index is 0.823. The molecule has 146 valence electrons. The standard InChI is InChI=1S/C21H24N4O2S/c1-26-17-8-9-20(27-2)19(14-17)25-12-10-24(11-13-25)15-18-21(28-23-22-18)16-6-4-3-5-7-16/h3-9,14H,10-13,15H2,1-2H3. The van der Waals surface area contributed by atoms with Gasteiger partial charge in [-0.15, -0.1) is 5.10 Å². The second kappa shape index (κ2) is 8.58. The third-order valence-corrected chi connectivity index (χ3v) is 5.88. The first-order valence-electron chi connectivity index (χ1n) is 9.34. The molecule has 0 aliphatic carbocycles. The first kappa shape index (κ1) is 18.7. The van der Waals surface area contributed by atoms with E-state index in [1.807, 2.05) is 24.3 Å². The van der Waals surface area contributed by atoms with E-state index in [9.17, 15) is 0 Å². The van der Waals surface area contributed by atoms with Gasteiger partial charge in [-0.3, -0.25) is 4.90 Å². The summed E-state index contributed by atoms with van der Waals surface area (Å²) in [7, 11) is 3.40. The van der Waals surface area contributed by atoms with Crippen molar-refractivity contribution in [2.45, 2.75) is 6.54 Å². The van der Waals surface area contributed by atoms with E-state index in [1.54, 1.807) is 14.2 Å². The number of anilines is 1. The van der Waals surface area contributed by atoms with Gasteiger partial charge in [-0.2, -0.15) is 0 Å². The van der Waals surface area contributed by atoms with E-state index < -0.39 is 0 Å². The van der Waals surface area contributed by atoms with Crippen LogP contribution in [0.25, 0.3) is 10.4 Å². The second-order valence-corrected chi connectivity index (χ2v) is 7.47. The summed E-state index contributed by atoms with van der Waals surface area (Å²) in [4.78, 5) is 5.96. The van der Waals surface area contributed by atoms with E-state index >= 15 is 0 Å². The number of aromatic nitrogens is 2. The van der Waals surface area contributed by atoms with Crippen LogP contribution in [0.4, 0.5) is 5.69 Å². The quantitative estimate of drug-likeness (QED) is 0.635. The average Bonchev–Trinajstić information content (AvgIpc) is 3.22. The molecule has 0 amide bonds. The van der Waals surface area contributed by atoms with Crippen LogP contribution in [0.1, 0.15) is 5.69 Å². The molecular formula is C21H24N4O2S. The number of benzene rings is 2. The fourth-order valence-electron chi connectivity index (χ4n) is 3.52. The van der Waals surface area contributed by atoms with Crippen LogP contribution in [0.15, 0.2) is 48.5 Å². The molecule has 0 spiro atoms. The molecule has 6 nitrogen and oxygen atoms in total. The lowest BCUT2D eigenvalue weighted by molar-refractivity contribution is 0.246. The smallest absolute Gasteiger partial charge is 0.142 e. The van der Waals surface area contributed by atoms with Crippen molar-refractivity contribution in [1.82, 2.24) is 14.5 Å². The Morgan fingerprint density at radius 3 is 2.46 bits per heavy atom. The van der Waals surface area contributed by atoms with Gasteiger partial charge in [0.15, 0.2) is 0 Å². The zero-order valence-corrected chi connectivity index (χ0v) is 17.0. The molecule has 0 unspecified atom stereocenters. The summed E-state index contributed by atoms with van der Waals surface area (Å²) in [6.07, 6.45) is 0. The lowest BCUT2D eigenvalue weighted by Crippen LogP contribution is -2.46. The lowest BCUT2D eigenvalue weighted by Gasteiger charge is -2.36. The van der Waals surface area contributed by atoms with Crippen LogP contribution in [-0.4, -0.2) is 54.9 Å². The van der Waals surface area contributed by atoms with Crippen LogP contribution in [-0.2, 0) is 6.54 Å². The lowest BCUT2D eigenvalue weighted by atomic mass is 10.1. The predicted molar refractivity (Wildman–Crippen MR) is 112 cm³/mol. The molecule has 3 aromatic rings. The van der Waals surface area contributed by atoms with E-state index in [1.165, 1.54) is 17.1 Å². The molecule has 0 N–H and O–H groups in total. The highest BCUT2D eigenvalue weighted by Crippen LogP contribution is 2.33. The molecule has 7 heteroatoms. The van der Waals surface area contributed by atoms with Crippen molar-refractivity contribution in [1.29, 1.82) is 0 Å². The van der Waals surface area contributed by atoms with Crippen molar-refractivity contribution in [3.63, 3.8) is 0 Å². The summed E-state index contributed by atoms with van der Waals surface area (Å²) in [5, 5.41) is 4.39. The number of methoxy groups -OCH3 is 2. The molecule has 2 heterocycles. The fourth-order valence-corrected chi connectivity index (χ4v) is 4.20. The summed E-state index contributed by atoms with van der Waals surface area (Å²) in [5.41, 5.74) is 3.33. The minimum Gasteiger partial charge on any atom is -0.497 e.